The number of para-hydroxylation sites is 1. The molecule has 0 atom stereocenters. The molecule has 0 saturated carbocycles. The number of anilines is 2. The van der Waals surface area contributed by atoms with Crippen LogP contribution in [0.4, 0.5) is 11.6 Å². The molecule has 140 valence electrons. The third kappa shape index (κ3) is 3.30. The van der Waals surface area contributed by atoms with E-state index in [1.54, 1.807) is 29.8 Å². The third-order valence-electron chi connectivity index (χ3n) is 4.86. The summed E-state index contributed by atoms with van der Waals surface area (Å²) >= 11 is 0. The summed E-state index contributed by atoms with van der Waals surface area (Å²) in [4.78, 5) is 16.3. The highest BCUT2D eigenvalue weighted by atomic mass is 16.1. The van der Waals surface area contributed by atoms with E-state index in [0.29, 0.717) is 43.3 Å². The molecule has 0 spiro atoms. The van der Waals surface area contributed by atoms with Crippen LogP contribution >= 0.6 is 0 Å². The fourth-order valence-electron chi connectivity index (χ4n) is 3.42. The van der Waals surface area contributed by atoms with E-state index in [0.717, 1.165) is 11.4 Å². The summed E-state index contributed by atoms with van der Waals surface area (Å²) in [5.74, 6) is 0.693. The molecule has 2 aromatic carbocycles. The number of rotatable bonds is 4. The lowest BCUT2D eigenvalue weighted by Gasteiger charge is -2.36. The molecule has 0 N–H and O–H groups in total. The number of nitriles is 1. The van der Waals surface area contributed by atoms with Crippen molar-refractivity contribution in [3.05, 3.63) is 59.7 Å². The number of nitrogens with zero attached hydrogens (tertiary/aromatic N) is 7. The number of carbonyl (C=O) groups is 1. The molecule has 1 aliphatic rings. The minimum atomic E-state index is -0.00469. The van der Waals surface area contributed by atoms with Gasteiger partial charge in [0.15, 0.2) is 5.78 Å². The summed E-state index contributed by atoms with van der Waals surface area (Å²) < 4.78 is 1.73. The Morgan fingerprint density at radius 3 is 2.43 bits per heavy atom. The molecular formula is C20H19N7O. The van der Waals surface area contributed by atoms with Crippen molar-refractivity contribution in [3.63, 3.8) is 0 Å². The molecule has 28 heavy (non-hydrogen) atoms. The van der Waals surface area contributed by atoms with Gasteiger partial charge in [0, 0.05) is 37.4 Å². The maximum absolute atomic E-state index is 12.0. The Bertz CT molecular complexity index is 1030. The molecule has 8 nitrogen and oxygen atoms in total. The van der Waals surface area contributed by atoms with E-state index < -0.39 is 0 Å². The first-order chi connectivity index (χ1) is 13.7. The second kappa shape index (κ2) is 7.48. The Hall–Kier alpha value is -3.73. The van der Waals surface area contributed by atoms with E-state index in [1.165, 1.54) is 0 Å². The van der Waals surface area contributed by atoms with Gasteiger partial charge in [-0.05, 0) is 47.7 Å². The first kappa shape index (κ1) is 17.7. The van der Waals surface area contributed by atoms with Crippen LogP contribution in [0.5, 0.6) is 0 Å². The zero-order valence-corrected chi connectivity index (χ0v) is 15.5. The summed E-state index contributed by atoms with van der Waals surface area (Å²) in [7, 11) is 0. The van der Waals surface area contributed by atoms with Gasteiger partial charge in [-0.15, -0.1) is 0 Å². The Balaban J connectivity index is 1.55. The van der Waals surface area contributed by atoms with Crippen LogP contribution in [-0.2, 0) is 0 Å². The molecule has 2 heterocycles. The fraction of sp³-hybridized carbons (Fsp3) is 0.250. The van der Waals surface area contributed by atoms with E-state index >= 15 is 0 Å². The largest absolute Gasteiger partial charge is 0.367 e. The average molecular weight is 373 g/mol. The smallest absolute Gasteiger partial charge is 0.250 e. The van der Waals surface area contributed by atoms with Crippen molar-refractivity contribution in [1.29, 1.82) is 5.26 Å². The normalized spacial score (nSPS) is 14.0. The van der Waals surface area contributed by atoms with Crippen LogP contribution in [0.3, 0.4) is 0 Å². The topological polar surface area (TPSA) is 90.9 Å². The molecule has 0 amide bonds. The molecule has 0 unspecified atom stereocenters. The summed E-state index contributed by atoms with van der Waals surface area (Å²) in [5.41, 5.74) is 2.91. The number of aromatic nitrogens is 4. The number of carbonyl (C=O) groups excluding carboxylic acids is 1. The highest BCUT2D eigenvalue weighted by Crippen LogP contribution is 2.25. The number of ketones is 1. The van der Waals surface area contributed by atoms with Gasteiger partial charge in [-0.25, -0.2) is 0 Å². The van der Waals surface area contributed by atoms with Crippen molar-refractivity contribution in [1.82, 2.24) is 20.2 Å². The van der Waals surface area contributed by atoms with E-state index in [4.69, 9.17) is 0 Å². The number of Topliss-reactive ketones (excluding diaryl/α,β-unsaturated/α-hetero) is 1. The van der Waals surface area contributed by atoms with Gasteiger partial charge in [0.1, 0.15) is 0 Å². The number of piperazine rings is 1. The first-order valence-electron chi connectivity index (χ1n) is 9.06. The maximum Gasteiger partial charge on any atom is 0.250 e. The monoisotopic (exact) mass is 373 g/mol. The predicted molar refractivity (Wildman–Crippen MR) is 105 cm³/mol. The minimum absolute atomic E-state index is 0.00469. The summed E-state index contributed by atoms with van der Waals surface area (Å²) in [6.07, 6.45) is 0. The highest BCUT2D eigenvalue weighted by Gasteiger charge is 2.24. The predicted octanol–water partition coefficient (Wildman–Crippen LogP) is 2.06. The van der Waals surface area contributed by atoms with Crippen molar-refractivity contribution >= 4 is 17.4 Å². The van der Waals surface area contributed by atoms with Crippen LogP contribution in [0.25, 0.3) is 5.69 Å². The van der Waals surface area contributed by atoms with Crippen molar-refractivity contribution in [3.8, 4) is 11.8 Å². The van der Waals surface area contributed by atoms with Gasteiger partial charge in [0.2, 0.25) is 5.95 Å². The van der Waals surface area contributed by atoms with Crippen LogP contribution in [-0.4, -0.2) is 52.2 Å². The van der Waals surface area contributed by atoms with Crippen LogP contribution in [0, 0.1) is 11.3 Å². The van der Waals surface area contributed by atoms with Gasteiger partial charge >= 0.3 is 0 Å². The lowest BCUT2D eigenvalue weighted by Crippen LogP contribution is -2.47. The third-order valence-corrected chi connectivity index (χ3v) is 4.86. The van der Waals surface area contributed by atoms with E-state index in [1.807, 2.05) is 30.3 Å². The number of hydrogen-bond donors (Lipinski definition) is 0. The molecule has 1 fully saturated rings. The van der Waals surface area contributed by atoms with Crippen LogP contribution in [0.15, 0.2) is 48.5 Å². The zero-order chi connectivity index (χ0) is 19.5. The Morgan fingerprint density at radius 2 is 1.75 bits per heavy atom. The SMILES string of the molecule is CC(=O)c1ccc(C#N)cc1N1CCN(c2nnnn2-c2ccccc2)CC1. The van der Waals surface area contributed by atoms with Gasteiger partial charge < -0.3 is 9.80 Å². The summed E-state index contributed by atoms with van der Waals surface area (Å²) in [6, 6.07) is 17.1. The lowest BCUT2D eigenvalue weighted by atomic mass is 10.0. The van der Waals surface area contributed by atoms with Gasteiger partial charge in [-0.1, -0.05) is 23.3 Å². The Labute approximate surface area is 162 Å². The van der Waals surface area contributed by atoms with Crippen LogP contribution in [0.2, 0.25) is 0 Å². The number of tetrazole rings is 1. The second-order valence-electron chi connectivity index (χ2n) is 6.60. The van der Waals surface area contributed by atoms with Crippen molar-refractivity contribution in [2.24, 2.45) is 0 Å². The number of benzene rings is 2. The van der Waals surface area contributed by atoms with Crippen molar-refractivity contribution < 1.29 is 4.79 Å². The van der Waals surface area contributed by atoms with E-state index in [-0.39, 0.29) is 5.78 Å². The molecule has 3 aromatic rings. The lowest BCUT2D eigenvalue weighted by molar-refractivity contribution is 0.101. The molecule has 0 aliphatic carbocycles. The second-order valence-corrected chi connectivity index (χ2v) is 6.60. The molecule has 0 radical (unpaired) electrons. The Morgan fingerprint density at radius 1 is 1.04 bits per heavy atom. The van der Waals surface area contributed by atoms with E-state index in [9.17, 15) is 10.1 Å². The average Bonchev–Trinajstić information content (AvgIpc) is 3.24. The van der Waals surface area contributed by atoms with Crippen LogP contribution in [0.1, 0.15) is 22.8 Å². The summed E-state index contributed by atoms with van der Waals surface area (Å²) in [5, 5.41) is 21.4. The highest BCUT2D eigenvalue weighted by molar-refractivity contribution is 6.00. The van der Waals surface area contributed by atoms with Gasteiger partial charge in [0.05, 0.1) is 17.3 Å². The molecule has 4 rings (SSSR count). The summed E-state index contributed by atoms with van der Waals surface area (Å²) in [6.45, 7) is 4.38. The van der Waals surface area contributed by atoms with Gasteiger partial charge in [-0.2, -0.15) is 9.94 Å². The Kier molecular flexibility index (Phi) is 4.72. The molecule has 0 bridgehead atoms. The quantitative estimate of drug-likeness (QED) is 0.647. The molecule has 8 heteroatoms. The van der Waals surface area contributed by atoms with Gasteiger partial charge in [0.25, 0.3) is 0 Å². The van der Waals surface area contributed by atoms with Crippen molar-refractivity contribution in [2.75, 3.05) is 36.0 Å². The maximum atomic E-state index is 12.0. The molecule has 1 saturated heterocycles. The van der Waals surface area contributed by atoms with Crippen LogP contribution < -0.4 is 9.80 Å². The zero-order valence-electron chi connectivity index (χ0n) is 15.5. The molecule has 1 aliphatic heterocycles. The van der Waals surface area contributed by atoms with Gasteiger partial charge in [-0.3, -0.25) is 4.79 Å². The molecular weight excluding hydrogens is 354 g/mol. The number of hydrogen-bond acceptors (Lipinski definition) is 7. The minimum Gasteiger partial charge on any atom is -0.367 e. The molecule has 1 aromatic heterocycles. The fourth-order valence-corrected chi connectivity index (χ4v) is 3.42. The van der Waals surface area contributed by atoms with Crippen molar-refractivity contribution in [2.45, 2.75) is 6.92 Å². The first-order valence-corrected chi connectivity index (χ1v) is 9.06. The van der Waals surface area contributed by atoms with E-state index in [2.05, 4.69) is 31.4 Å². The standard InChI is InChI=1S/C20H19N7O/c1-15(28)18-8-7-16(14-21)13-19(18)25-9-11-26(12-10-25)20-22-23-24-27(20)17-5-3-2-4-6-17/h2-8,13H,9-12H2,1H3.